The number of halogens is 1. The summed E-state index contributed by atoms with van der Waals surface area (Å²) in [4.78, 5) is 28.2. The lowest BCUT2D eigenvalue weighted by Crippen LogP contribution is -2.37. The number of pyridine rings is 1. The summed E-state index contributed by atoms with van der Waals surface area (Å²) < 4.78 is 0. The van der Waals surface area contributed by atoms with Crippen LogP contribution >= 0.6 is 11.6 Å². The van der Waals surface area contributed by atoms with Crippen molar-refractivity contribution >= 4 is 29.3 Å². The van der Waals surface area contributed by atoms with Gasteiger partial charge in [-0.05, 0) is 25.0 Å². The predicted octanol–water partition coefficient (Wildman–Crippen LogP) is 1.15. The van der Waals surface area contributed by atoms with E-state index in [1.807, 2.05) is 0 Å². The van der Waals surface area contributed by atoms with Gasteiger partial charge in [0, 0.05) is 13.1 Å². The maximum Gasteiger partial charge on any atom is 0.339 e. The summed E-state index contributed by atoms with van der Waals surface area (Å²) in [5.74, 6) is -1.07. The number of carboxylic acids is 1. The molecule has 19 heavy (non-hydrogen) atoms. The van der Waals surface area contributed by atoms with Gasteiger partial charge in [-0.3, -0.25) is 4.79 Å². The van der Waals surface area contributed by atoms with Crippen molar-refractivity contribution in [3.05, 3.63) is 22.8 Å². The lowest BCUT2D eigenvalue weighted by Gasteiger charge is -2.19. The monoisotopic (exact) mass is 283 g/mol. The summed E-state index contributed by atoms with van der Waals surface area (Å²) >= 11 is 5.77. The summed E-state index contributed by atoms with van der Waals surface area (Å²) in [5, 5.41) is 12.1. The van der Waals surface area contributed by atoms with E-state index in [2.05, 4.69) is 10.3 Å². The van der Waals surface area contributed by atoms with Gasteiger partial charge >= 0.3 is 5.97 Å². The molecule has 6 nitrogen and oxygen atoms in total. The number of rotatable bonds is 5. The van der Waals surface area contributed by atoms with Crippen molar-refractivity contribution in [2.45, 2.75) is 18.9 Å². The number of nitrogens with one attached hydrogen (secondary N) is 1. The highest BCUT2D eigenvalue weighted by Crippen LogP contribution is 2.21. The Kier molecular flexibility index (Phi) is 3.90. The van der Waals surface area contributed by atoms with Crippen LogP contribution in [0.5, 0.6) is 0 Å². The van der Waals surface area contributed by atoms with Gasteiger partial charge < -0.3 is 15.3 Å². The van der Waals surface area contributed by atoms with E-state index in [1.165, 1.54) is 17.0 Å². The SMILES string of the molecule is CN(CC(=O)NC1CC1)c1nc(Cl)ccc1C(=O)O. The van der Waals surface area contributed by atoms with E-state index in [-0.39, 0.29) is 35.0 Å². The van der Waals surface area contributed by atoms with Crippen LogP contribution in [0.1, 0.15) is 23.2 Å². The lowest BCUT2D eigenvalue weighted by molar-refractivity contribution is -0.119. The summed E-state index contributed by atoms with van der Waals surface area (Å²) in [6, 6.07) is 3.06. The number of carbonyl (C=O) groups excluding carboxylic acids is 1. The number of aromatic carboxylic acids is 1. The number of likely N-dealkylation sites (N-methyl/N-ethyl adjacent to an activating group) is 1. The van der Waals surface area contributed by atoms with Gasteiger partial charge in [-0.2, -0.15) is 0 Å². The van der Waals surface area contributed by atoms with Gasteiger partial charge in [-0.25, -0.2) is 9.78 Å². The molecule has 1 aliphatic carbocycles. The Labute approximate surface area is 115 Å². The highest BCUT2D eigenvalue weighted by atomic mass is 35.5. The zero-order valence-corrected chi connectivity index (χ0v) is 11.1. The van der Waals surface area contributed by atoms with Crippen molar-refractivity contribution in [3.8, 4) is 0 Å². The predicted molar refractivity (Wildman–Crippen MR) is 70.6 cm³/mol. The van der Waals surface area contributed by atoms with E-state index < -0.39 is 5.97 Å². The summed E-state index contributed by atoms with van der Waals surface area (Å²) in [5.41, 5.74) is 0.0196. The molecule has 1 aromatic rings. The molecule has 1 aliphatic rings. The molecule has 0 spiro atoms. The number of hydrogen-bond donors (Lipinski definition) is 2. The Morgan fingerprint density at radius 1 is 1.53 bits per heavy atom. The van der Waals surface area contributed by atoms with E-state index in [0.717, 1.165) is 12.8 Å². The van der Waals surface area contributed by atoms with Gasteiger partial charge in [-0.1, -0.05) is 11.6 Å². The number of carbonyl (C=O) groups is 2. The van der Waals surface area contributed by atoms with E-state index in [9.17, 15) is 9.59 Å². The van der Waals surface area contributed by atoms with E-state index in [0.29, 0.717) is 0 Å². The lowest BCUT2D eigenvalue weighted by atomic mass is 10.2. The minimum atomic E-state index is -1.10. The van der Waals surface area contributed by atoms with E-state index in [1.54, 1.807) is 7.05 Å². The number of aromatic nitrogens is 1. The molecular weight excluding hydrogens is 270 g/mol. The minimum absolute atomic E-state index is 0.0196. The number of amides is 1. The Morgan fingerprint density at radius 3 is 2.79 bits per heavy atom. The van der Waals surface area contributed by atoms with E-state index >= 15 is 0 Å². The molecule has 0 unspecified atom stereocenters. The fourth-order valence-electron chi connectivity index (χ4n) is 1.67. The molecule has 0 aromatic carbocycles. The maximum atomic E-state index is 11.7. The second kappa shape index (κ2) is 5.44. The molecular formula is C12H14ClN3O3. The number of anilines is 1. The van der Waals surface area contributed by atoms with Crippen molar-refractivity contribution in [2.24, 2.45) is 0 Å². The number of hydrogen-bond acceptors (Lipinski definition) is 4. The average Bonchev–Trinajstić information content (AvgIpc) is 3.12. The highest BCUT2D eigenvalue weighted by Gasteiger charge is 2.24. The molecule has 7 heteroatoms. The van der Waals surface area contributed by atoms with Crippen molar-refractivity contribution in [2.75, 3.05) is 18.5 Å². The fraction of sp³-hybridized carbons (Fsp3) is 0.417. The normalized spacial score (nSPS) is 14.0. The van der Waals surface area contributed by atoms with Crippen LogP contribution in [0.3, 0.4) is 0 Å². The van der Waals surface area contributed by atoms with Gasteiger partial charge in [0.25, 0.3) is 0 Å². The molecule has 1 heterocycles. The number of nitrogens with zero attached hydrogens (tertiary/aromatic N) is 2. The molecule has 0 bridgehead atoms. The largest absolute Gasteiger partial charge is 0.478 e. The molecule has 2 rings (SSSR count). The van der Waals surface area contributed by atoms with E-state index in [4.69, 9.17) is 16.7 Å². The van der Waals surface area contributed by atoms with Crippen LogP contribution in [0.2, 0.25) is 5.15 Å². The Hall–Kier alpha value is -1.82. The highest BCUT2D eigenvalue weighted by molar-refractivity contribution is 6.29. The van der Waals surface area contributed by atoms with Gasteiger partial charge in [0.2, 0.25) is 5.91 Å². The van der Waals surface area contributed by atoms with Crippen molar-refractivity contribution in [1.29, 1.82) is 0 Å². The Morgan fingerprint density at radius 2 is 2.21 bits per heavy atom. The number of carboxylic acid groups (broad SMARTS) is 1. The third-order valence-corrected chi connectivity index (χ3v) is 2.97. The zero-order valence-electron chi connectivity index (χ0n) is 10.4. The summed E-state index contributed by atoms with van der Waals surface area (Å²) in [7, 11) is 1.61. The smallest absolute Gasteiger partial charge is 0.339 e. The van der Waals surface area contributed by atoms with Crippen LogP contribution in [0.15, 0.2) is 12.1 Å². The molecule has 0 radical (unpaired) electrons. The molecule has 102 valence electrons. The molecule has 0 saturated heterocycles. The first-order chi connectivity index (χ1) is 8.97. The third-order valence-electron chi connectivity index (χ3n) is 2.76. The van der Waals surface area contributed by atoms with Crippen molar-refractivity contribution < 1.29 is 14.7 Å². The summed E-state index contributed by atoms with van der Waals surface area (Å²) in [6.07, 6.45) is 2.01. The van der Waals surface area contributed by atoms with Gasteiger partial charge in [0.15, 0.2) is 0 Å². The third kappa shape index (κ3) is 3.57. The molecule has 1 saturated carbocycles. The van der Waals surface area contributed by atoms with Crippen LogP contribution in [-0.4, -0.2) is 41.6 Å². The van der Waals surface area contributed by atoms with Crippen LogP contribution in [0.4, 0.5) is 5.82 Å². The van der Waals surface area contributed by atoms with Crippen LogP contribution in [0.25, 0.3) is 0 Å². The minimum Gasteiger partial charge on any atom is -0.478 e. The second-order valence-electron chi connectivity index (χ2n) is 4.51. The quantitative estimate of drug-likeness (QED) is 0.792. The second-order valence-corrected chi connectivity index (χ2v) is 4.90. The first-order valence-corrected chi connectivity index (χ1v) is 6.25. The molecule has 1 aromatic heterocycles. The standard InChI is InChI=1S/C12H14ClN3O3/c1-16(6-10(17)14-7-2-3-7)11-8(12(18)19)4-5-9(13)15-11/h4-5,7H,2-3,6H2,1H3,(H,14,17)(H,18,19). The van der Waals surface area contributed by atoms with Crippen molar-refractivity contribution in [3.63, 3.8) is 0 Å². The van der Waals surface area contributed by atoms with Gasteiger partial charge in [-0.15, -0.1) is 0 Å². The van der Waals surface area contributed by atoms with Crippen LogP contribution in [-0.2, 0) is 4.79 Å². The average molecular weight is 284 g/mol. The molecule has 0 atom stereocenters. The maximum absolute atomic E-state index is 11.7. The molecule has 1 fully saturated rings. The molecule has 1 amide bonds. The Balaban J connectivity index is 2.12. The van der Waals surface area contributed by atoms with Gasteiger partial charge in [0.1, 0.15) is 16.5 Å². The van der Waals surface area contributed by atoms with Crippen LogP contribution < -0.4 is 10.2 Å². The Bertz CT molecular complexity index is 517. The zero-order chi connectivity index (χ0) is 14.0. The van der Waals surface area contributed by atoms with Gasteiger partial charge in [0.05, 0.1) is 6.54 Å². The first kappa shape index (κ1) is 13.6. The first-order valence-electron chi connectivity index (χ1n) is 5.87. The fourth-order valence-corrected chi connectivity index (χ4v) is 1.82. The molecule has 2 N–H and O–H groups in total. The van der Waals surface area contributed by atoms with Crippen LogP contribution in [0, 0.1) is 0 Å². The molecule has 0 aliphatic heterocycles. The van der Waals surface area contributed by atoms with Crippen molar-refractivity contribution in [1.82, 2.24) is 10.3 Å². The summed E-state index contributed by atoms with van der Waals surface area (Å²) in [6.45, 7) is 0.0458. The topological polar surface area (TPSA) is 82.5 Å².